The first kappa shape index (κ1) is 27.2. The van der Waals surface area contributed by atoms with Gasteiger partial charge in [0.15, 0.2) is 0 Å². The molecule has 1 aliphatic carbocycles. The molecule has 9 aromatic carbocycles. The van der Waals surface area contributed by atoms with Gasteiger partial charge in [-0.05, 0) is 107 Å². The van der Waals surface area contributed by atoms with Crippen LogP contribution >= 0.6 is 0 Å². The lowest BCUT2D eigenvalue weighted by molar-refractivity contribution is 0.772. The minimum Gasteiger partial charge on any atom is -0.0622 e. The molecule has 0 spiro atoms. The molecule has 0 aliphatic heterocycles. The highest BCUT2D eigenvalue weighted by Crippen LogP contribution is 2.57. The highest BCUT2D eigenvalue weighted by Gasteiger charge is 2.45. The standard InChI is InChI=1S/C48H32/c1-31-24-27-40-41(28-31)44(32-14-5-2-6-15-32)38-21-11-12-22-39(38)45(40)35-29-34-26-25-33-16-13-23-42-46(33)47(34)43(30-35)48(42,36-17-7-3-8-18-36)37-19-9-4-10-20-37/h2-30H,1H3. The molecular weight excluding hydrogens is 577 g/mol. The van der Waals surface area contributed by atoms with Gasteiger partial charge in [-0.15, -0.1) is 0 Å². The van der Waals surface area contributed by atoms with Crippen LogP contribution in [0, 0.1) is 6.92 Å². The molecule has 0 heteroatoms. The first-order valence-corrected chi connectivity index (χ1v) is 16.9. The van der Waals surface area contributed by atoms with Gasteiger partial charge in [0.2, 0.25) is 0 Å². The molecule has 0 fully saturated rings. The molecule has 0 amide bonds. The molecule has 10 rings (SSSR count). The van der Waals surface area contributed by atoms with Gasteiger partial charge in [0, 0.05) is 0 Å². The maximum Gasteiger partial charge on any atom is 0.0714 e. The lowest BCUT2D eigenvalue weighted by atomic mass is 9.67. The van der Waals surface area contributed by atoms with E-state index in [2.05, 4.69) is 183 Å². The van der Waals surface area contributed by atoms with E-state index in [9.17, 15) is 0 Å². The van der Waals surface area contributed by atoms with Crippen LogP contribution in [-0.2, 0) is 5.41 Å². The number of aryl methyl sites for hydroxylation is 1. The van der Waals surface area contributed by atoms with Gasteiger partial charge in [0.25, 0.3) is 0 Å². The zero-order valence-corrected chi connectivity index (χ0v) is 26.7. The number of hydrogen-bond donors (Lipinski definition) is 0. The number of benzene rings is 9. The Kier molecular flexibility index (Phi) is 5.81. The minimum absolute atomic E-state index is 0.452. The van der Waals surface area contributed by atoms with E-state index in [1.54, 1.807) is 0 Å². The van der Waals surface area contributed by atoms with Crippen molar-refractivity contribution < 1.29 is 0 Å². The molecule has 0 atom stereocenters. The molecule has 0 saturated carbocycles. The van der Waals surface area contributed by atoms with Gasteiger partial charge in [-0.25, -0.2) is 0 Å². The molecule has 1 aliphatic rings. The van der Waals surface area contributed by atoms with E-state index < -0.39 is 5.41 Å². The Bertz CT molecular complexity index is 2660. The van der Waals surface area contributed by atoms with Crippen LogP contribution in [0.1, 0.15) is 27.8 Å². The van der Waals surface area contributed by atoms with Gasteiger partial charge in [0.05, 0.1) is 5.41 Å². The molecule has 0 unspecified atom stereocenters. The summed E-state index contributed by atoms with van der Waals surface area (Å²) in [5.74, 6) is 0. The van der Waals surface area contributed by atoms with Crippen LogP contribution in [0.25, 0.3) is 65.3 Å². The second kappa shape index (κ2) is 10.3. The zero-order valence-electron chi connectivity index (χ0n) is 26.7. The molecule has 0 aromatic heterocycles. The van der Waals surface area contributed by atoms with Crippen molar-refractivity contribution in [3.8, 4) is 22.3 Å². The first-order chi connectivity index (χ1) is 23.7. The second-order valence-corrected chi connectivity index (χ2v) is 13.3. The Hall–Kier alpha value is -5.98. The molecular formula is C48H32. The minimum atomic E-state index is -0.452. The van der Waals surface area contributed by atoms with E-state index in [1.165, 1.54) is 93.2 Å². The molecule has 0 radical (unpaired) electrons. The van der Waals surface area contributed by atoms with Gasteiger partial charge in [0.1, 0.15) is 0 Å². The topological polar surface area (TPSA) is 0 Å². The zero-order chi connectivity index (χ0) is 31.8. The van der Waals surface area contributed by atoms with Crippen LogP contribution in [0.5, 0.6) is 0 Å². The Morgan fingerprint density at radius 1 is 0.354 bits per heavy atom. The van der Waals surface area contributed by atoms with E-state index in [4.69, 9.17) is 0 Å². The normalized spacial score (nSPS) is 13.3. The highest BCUT2D eigenvalue weighted by atomic mass is 14.5. The van der Waals surface area contributed by atoms with E-state index in [0.717, 1.165) is 0 Å². The van der Waals surface area contributed by atoms with Gasteiger partial charge in [-0.3, -0.25) is 0 Å². The smallest absolute Gasteiger partial charge is 0.0622 e. The third-order valence-electron chi connectivity index (χ3n) is 10.7. The Balaban J connectivity index is 1.39. The fourth-order valence-corrected chi connectivity index (χ4v) is 8.82. The summed E-state index contributed by atoms with van der Waals surface area (Å²) in [5.41, 5.74) is 11.2. The lowest BCUT2D eigenvalue weighted by Crippen LogP contribution is -2.28. The van der Waals surface area contributed by atoms with Gasteiger partial charge in [-0.1, -0.05) is 169 Å². The summed E-state index contributed by atoms with van der Waals surface area (Å²) >= 11 is 0. The van der Waals surface area contributed by atoms with E-state index in [-0.39, 0.29) is 0 Å². The third-order valence-corrected chi connectivity index (χ3v) is 10.7. The van der Waals surface area contributed by atoms with Crippen LogP contribution in [-0.4, -0.2) is 0 Å². The number of rotatable bonds is 4. The summed E-state index contributed by atoms with van der Waals surface area (Å²) in [6, 6.07) is 65.7. The van der Waals surface area contributed by atoms with Crippen molar-refractivity contribution in [2.45, 2.75) is 12.3 Å². The molecule has 0 bridgehead atoms. The fraction of sp³-hybridized carbons (Fsp3) is 0.0417. The molecule has 0 nitrogen and oxygen atoms in total. The average Bonchev–Trinajstić information content (AvgIpc) is 3.45. The van der Waals surface area contributed by atoms with Crippen molar-refractivity contribution in [2.24, 2.45) is 0 Å². The van der Waals surface area contributed by atoms with Crippen molar-refractivity contribution in [1.82, 2.24) is 0 Å². The third kappa shape index (κ3) is 3.66. The van der Waals surface area contributed by atoms with Crippen molar-refractivity contribution in [2.75, 3.05) is 0 Å². The SMILES string of the molecule is Cc1ccc2c(-c3cc4c5c(ccc6cccc(c65)C4(c4ccccc4)c4ccccc4)c3)c3ccccc3c(-c3ccccc3)c2c1. The molecule has 9 aromatic rings. The number of hydrogen-bond acceptors (Lipinski definition) is 0. The molecule has 0 saturated heterocycles. The highest BCUT2D eigenvalue weighted by molar-refractivity contribution is 6.23. The fourth-order valence-electron chi connectivity index (χ4n) is 8.82. The van der Waals surface area contributed by atoms with Gasteiger partial charge < -0.3 is 0 Å². The molecule has 0 heterocycles. The second-order valence-electron chi connectivity index (χ2n) is 13.3. The monoisotopic (exact) mass is 608 g/mol. The summed E-state index contributed by atoms with van der Waals surface area (Å²) in [4.78, 5) is 0. The Morgan fingerprint density at radius 2 is 0.917 bits per heavy atom. The summed E-state index contributed by atoms with van der Waals surface area (Å²) < 4.78 is 0. The van der Waals surface area contributed by atoms with Crippen LogP contribution in [0.15, 0.2) is 176 Å². The quantitative estimate of drug-likeness (QED) is 0.138. The molecule has 0 N–H and O–H groups in total. The van der Waals surface area contributed by atoms with Crippen LogP contribution in [0.4, 0.5) is 0 Å². The van der Waals surface area contributed by atoms with Crippen LogP contribution in [0.3, 0.4) is 0 Å². The predicted octanol–water partition coefficient (Wildman–Crippen LogP) is 12.6. The number of fused-ring (bicyclic) bond motifs is 2. The van der Waals surface area contributed by atoms with E-state index in [1.807, 2.05) is 0 Å². The maximum atomic E-state index is 2.53. The van der Waals surface area contributed by atoms with Gasteiger partial charge >= 0.3 is 0 Å². The maximum absolute atomic E-state index is 2.53. The molecule has 48 heavy (non-hydrogen) atoms. The Morgan fingerprint density at radius 3 is 1.60 bits per heavy atom. The van der Waals surface area contributed by atoms with Crippen molar-refractivity contribution >= 4 is 43.1 Å². The van der Waals surface area contributed by atoms with Crippen molar-refractivity contribution in [3.63, 3.8) is 0 Å². The van der Waals surface area contributed by atoms with E-state index >= 15 is 0 Å². The summed E-state index contributed by atoms with van der Waals surface area (Å²) in [7, 11) is 0. The lowest BCUT2D eigenvalue weighted by Gasteiger charge is -2.34. The van der Waals surface area contributed by atoms with Crippen molar-refractivity contribution in [3.05, 3.63) is 204 Å². The van der Waals surface area contributed by atoms with E-state index in [0.29, 0.717) is 0 Å². The van der Waals surface area contributed by atoms with Crippen LogP contribution in [0.2, 0.25) is 0 Å². The molecule has 224 valence electrons. The van der Waals surface area contributed by atoms with Crippen molar-refractivity contribution in [1.29, 1.82) is 0 Å². The average molecular weight is 609 g/mol. The predicted molar refractivity (Wildman–Crippen MR) is 204 cm³/mol. The largest absolute Gasteiger partial charge is 0.0714 e. The van der Waals surface area contributed by atoms with Gasteiger partial charge in [-0.2, -0.15) is 0 Å². The summed E-state index contributed by atoms with van der Waals surface area (Å²) in [6.45, 7) is 2.20. The van der Waals surface area contributed by atoms with Crippen LogP contribution < -0.4 is 0 Å². The summed E-state index contributed by atoms with van der Waals surface area (Å²) in [6.07, 6.45) is 0. The Labute approximate surface area is 280 Å². The summed E-state index contributed by atoms with van der Waals surface area (Å²) in [5, 5.41) is 10.5. The first-order valence-electron chi connectivity index (χ1n) is 16.9.